The second kappa shape index (κ2) is 8.71. The minimum atomic E-state index is -2.40. The topological polar surface area (TPSA) is 89.8 Å². The number of carboxylic acids is 1. The van der Waals surface area contributed by atoms with Crippen molar-refractivity contribution in [2.24, 2.45) is 6.98 Å². The first-order valence-electron chi connectivity index (χ1n) is 11.7. The van der Waals surface area contributed by atoms with Crippen LogP contribution in [-0.2, 0) is 18.1 Å². The molecule has 0 spiro atoms. The summed E-state index contributed by atoms with van der Waals surface area (Å²) < 4.78 is 35.8. The van der Waals surface area contributed by atoms with E-state index in [0.717, 1.165) is 25.7 Å². The number of carbonyl (C=O) groups is 2. The largest absolute Gasteiger partial charge is 0.496 e. The van der Waals surface area contributed by atoms with Crippen LogP contribution < -0.4 is 10.1 Å². The monoisotopic (exact) mass is 425 g/mol. The van der Waals surface area contributed by atoms with E-state index < -0.39 is 19.0 Å². The zero-order valence-corrected chi connectivity index (χ0v) is 17.2. The molecule has 0 saturated heterocycles. The van der Waals surface area contributed by atoms with Crippen molar-refractivity contribution in [1.29, 1.82) is 0 Å². The van der Waals surface area contributed by atoms with Crippen LogP contribution in [0.25, 0.3) is 10.9 Å². The third-order valence-electron chi connectivity index (χ3n) is 5.62. The maximum atomic E-state index is 12.3. The number of rotatable bonds is 6. The molecule has 0 aliphatic heterocycles. The first-order chi connectivity index (χ1) is 16.2. The Morgan fingerprint density at radius 1 is 1.19 bits per heavy atom. The van der Waals surface area contributed by atoms with Gasteiger partial charge in [-0.05, 0) is 67.1 Å². The molecule has 1 heterocycles. The summed E-state index contributed by atoms with van der Waals surface area (Å²) in [7, 11) is 1.45. The molecule has 162 valence electrons. The lowest BCUT2D eigenvalue weighted by Gasteiger charge is -2.12. The number of carboxylic acid groups (broad SMARTS) is 1. The third kappa shape index (κ3) is 4.50. The molecule has 1 aliphatic carbocycles. The van der Waals surface area contributed by atoms with E-state index in [9.17, 15) is 14.7 Å². The van der Waals surface area contributed by atoms with Gasteiger partial charge < -0.3 is 19.1 Å². The van der Waals surface area contributed by atoms with Crippen molar-refractivity contribution in [3.8, 4) is 5.75 Å². The Hall–Kier alpha value is -3.48. The normalized spacial score (nSPS) is 15.8. The van der Waals surface area contributed by atoms with Crippen molar-refractivity contribution >= 4 is 28.7 Å². The molecular formula is C24H26N2O5. The van der Waals surface area contributed by atoms with E-state index in [0.29, 0.717) is 39.9 Å². The van der Waals surface area contributed by atoms with E-state index in [4.69, 9.17) is 13.6 Å². The number of nitrogens with one attached hydrogen (secondary N) is 1. The first kappa shape index (κ1) is 17.2. The lowest BCUT2D eigenvalue weighted by molar-refractivity contribution is 0.0696. The molecule has 1 fully saturated rings. The number of anilines is 1. The standard InChI is InChI=1S/C24H26N2O5/c1-26-14-17(11-15-7-8-16(23(27)28)12-22(15)30-2)20-13-18(9-10-21(20)26)25-24(29)31-19-5-3-4-6-19/h7-10,12-14,19H,3-6,11H2,1-2H3,(H,25,29)(H,27,28)/i1D3. The number of hydrogen-bond donors (Lipinski definition) is 2. The van der Waals surface area contributed by atoms with Gasteiger partial charge >= 0.3 is 12.1 Å². The van der Waals surface area contributed by atoms with Crippen LogP contribution in [0, 0.1) is 0 Å². The molecule has 31 heavy (non-hydrogen) atoms. The maximum Gasteiger partial charge on any atom is 0.411 e. The second-order valence-corrected chi connectivity index (χ2v) is 7.70. The highest BCUT2D eigenvalue weighted by Crippen LogP contribution is 2.30. The van der Waals surface area contributed by atoms with Gasteiger partial charge in [-0.15, -0.1) is 0 Å². The first-order valence-corrected chi connectivity index (χ1v) is 10.2. The summed E-state index contributed by atoms with van der Waals surface area (Å²) in [6.45, 7) is -2.40. The van der Waals surface area contributed by atoms with Gasteiger partial charge in [0.25, 0.3) is 0 Å². The zero-order chi connectivity index (χ0) is 24.5. The number of aromatic nitrogens is 1. The number of aromatic carboxylic acids is 1. The SMILES string of the molecule is [2H]C([2H])([2H])n1cc(Cc2ccc(C(=O)O)cc2OC)c2cc(NC(=O)OC3CCCC3)ccc21. The number of ether oxygens (including phenoxy) is 2. The molecule has 0 radical (unpaired) electrons. The van der Waals surface area contributed by atoms with Gasteiger partial charge in [0.05, 0.1) is 12.7 Å². The van der Waals surface area contributed by atoms with Crippen LogP contribution in [0.5, 0.6) is 5.75 Å². The molecule has 0 unspecified atom stereocenters. The molecular weight excluding hydrogens is 396 g/mol. The smallest absolute Gasteiger partial charge is 0.411 e. The van der Waals surface area contributed by atoms with Crippen molar-refractivity contribution in [2.45, 2.75) is 38.2 Å². The molecule has 1 aliphatic rings. The average molecular weight is 425 g/mol. The van der Waals surface area contributed by atoms with Crippen molar-refractivity contribution in [1.82, 2.24) is 4.57 Å². The predicted molar refractivity (Wildman–Crippen MR) is 118 cm³/mol. The highest BCUT2D eigenvalue weighted by molar-refractivity contribution is 5.92. The van der Waals surface area contributed by atoms with Crippen LogP contribution in [0.1, 0.15) is 51.3 Å². The lowest BCUT2D eigenvalue weighted by Crippen LogP contribution is -2.20. The van der Waals surface area contributed by atoms with Crippen LogP contribution in [-0.4, -0.2) is 34.9 Å². The quantitative estimate of drug-likeness (QED) is 0.582. The summed E-state index contributed by atoms with van der Waals surface area (Å²) in [5, 5.41) is 12.6. The van der Waals surface area contributed by atoms with Crippen LogP contribution in [0.2, 0.25) is 0 Å². The highest BCUT2D eigenvalue weighted by atomic mass is 16.6. The van der Waals surface area contributed by atoms with Gasteiger partial charge in [0.1, 0.15) is 11.9 Å². The zero-order valence-electron chi connectivity index (χ0n) is 20.2. The van der Waals surface area contributed by atoms with Crippen molar-refractivity contribution in [2.75, 3.05) is 12.4 Å². The fourth-order valence-corrected chi connectivity index (χ4v) is 4.05. The van der Waals surface area contributed by atoms with E-state index in [1.54, 1.807) is 30.5 Å². The molecule has 2 aromatic carbocycles. The summed E-state index contributed by atoms with van der Waals surface area (Å²) >= 11 is 0. The van der Waals surface area contributed by atoms with Gasteiger partial charge in [0.2, 0.25) is 0 Å². The van der Waals surface area contributed by atoms with E-state index in [-0.39, 0.29) is 11.7 Å². The molecule has 0 atom stereocenters. The van der Waals surface area contributed by atoms with E-state index in [1.807, 2.05) is 0 Å². The summed E-state index contributed by atoms with van der Waals surface area (Å²) in [6.07, 6.45) is 5.08. The molecule has 1 amide bonds. The summed E-state index contributed by atoms with van der Waals surface area (Å²) in [4.78, 5) is 23.6. The van der Waals surface area contributed by atoms with Crippen LogP contribution in [0.4, 0.5) is 10.5 Å². The fraction of sp³-hybridized carbons (Fsp3) is 0.333. The fourth-order valence-electron chi connectivity index (χ4n) is 4.05. The van der Waals surface area contributed by atoms with Gasteiger partial charge in [-0.1, -0.05) is 6.07 Å². The molecule has 1 aromatic heterocycles. The van der Waals surface area contributed by atoms with Crippen molar-refractivity contribution in [3.63, 3.8) is 0 Å². The lowest BCUT2D eigenvalue weighted by atomic mass is 10.0. The molecule has 3 aromatic rings. The number of amides is 1. The van der Waals surface area contributed by atoms with Crippen LogP contribution in [0.15, 0.2) is 42.6 Å². The maximum absolute atomic E-state index is 12.3. The van der Waals surface area contributed by atoms with Gasteiger partial charge in [-0.2, -0.15) is 0 Å². The van der Waals surface area contributed by atoms with Crippen LogP contribution >= 0.6 is 0 Å². The van der Waals surface area contributed by atoms with E-state index in [1.165, 1.54) is 23.8 Å². The number of methoxy groups -OCH3 is 1. The number of benzene rings is 2. The number of aryl methyl sites for hydroxylation is 1. The summed E-state index contributed by atoms with van der Waals surface area (Å²) in [6, 6.07) is 9.60. The predicted octanol–water partition coefficient (Wildman–Crippen LogP) is 4.97. The van der Waals surface area contributed by atoms with E-state index >= 15 is 0 Å². The Morgan fingerprint density at radius 2 is 2.00 bits per heavy atom. The van der Waals surface area contributed by atoms with Crippen molar-refractivity contribution in [3.05, 3.63) is 59.3 Å². The van der Waals surface area contributed by atoms with Gasteiger partial charge in [-0.3, -0.25) is 5.32 Å². The number of hydrogen-bond acceptors (Lipinski definition) is 4. The highest BCUT2D eigenvalue weighted by Gasteiger charge is 2.19. The van der Waals surface area contributed by atoms with Crippen molar-refractivity contribution < 1.29 is 28.3 Å². The Kier molecular flexibility index (Phi) is 4.84. The molecule has 2 N–H and O–H groups in total. The third-order valence-corrected chi connectivity index (χ3v) is 5.62. The van der Waals surface area contributed by atoms with Gasteiger partial charge in [0, 0.05) is 40.3 Å². The summed E-state index contributed by atoms with van der Waals surface area (Å²) in [5.41, 5.74) is 2.48. The Bertz CT molecular complexity index is 1230. The number of fused-ring (bicyclic) bond motifs is 1. The summed E-state index contributed by atoms with van der Waals surface area (Å²) in [5.74, 6) is -0.673. The van der Waals surface area contributed by atoms with E-state index in [2.05, 4.69) is 5.32 Å². The minimum Gasteiger partial charge on any atom is -0.496 e. The Morgan fingerprint density at radius 3 is 2.71 bits per heavy atom. The molecule has 7 heteroatoms. The molecule has 4 rings (SSSR count). The Balaban J connectivity index is 1.68. The average Bonchev–Trinajstić information content (AvgIpc) is 3.41. The van der Waals surface area contributed by atoms with Gasteiger partial charge in [-0.25, -0.2) is 9.59 Å². The number of nitrogens with zero attached hydrogens (tertiary/aromatic N) is 1. The van der Waals surface area contributed by atoms with Crippen LogP contribution in [0.3, 0.4) is 0 Å². The molecule has 7 nitrogen and oxygen atoms in total. The number of carbonyl (C=O) groups excluding carboxylic acids is 1. The molecule has 1 saturated carbocycles. The van der Waals surface area contributed by atoms with Gasteiger partial charge in [0.15, 0.2) is 0 Å². The Labute approximate surface area is 184 Å². The minimum absolute atomic E-state index is 0.0721. The second-order valence-electron chi connectivity index (χ2n) is 7.70. The molecule has 0 bridgehead atoms.